The first kappa shape index (κ1) is 12.3. The number of rotatable bonds is 2. The number of phenolic OH excluding ortho intramolecular Hbond substituents is 1. The number of allylic oxidation sites excluding steroid dienone is 2. The van der Waals surface area contributed by atoms with Gasteiger partial charge in [0.25, 0.3) is 0 Å². The number of para-hydroxylation sites is 1. The SMILES string of the molecule is O=C(CC1C=CCC1)N1CCCc2cccc(O)c21. The zero-order valence-electron chi connectivity index (χ0n) is 11.0. The number of aromatic hydroxyl groups is 1. The molecule has 3 nitrogen and oxygen atoms in total. The van der Waals surface area contributed by atoms with E-state index in [1.807, 2.05) is 12.1 Å². The Morgan fingerprint density at radius 3 is 3.11 bits per heavy atom. The predicted molar refractivity (Wildman–Crippen MR) is 75.3 cm³/mol. The van der Waals surface area contributed by atoms with Crippen molar-refractivity contribution >= 4 is 11.6 Å². The highest BCUT2D eigenvalue weighted by Gasteiger charge is 2.26. The maximum Gasteiger partial charge on any atom is 0.227 e. The van der Waals surface area contributed by atoms with Crippen molar-refractivity contribution in [1.82, 2.24) is 0 Å². The van der Waals surface area contributed by atoms with E-state index in [1.54, 1.807) is 11.0 Å². The number of carbonyl (C=O) groups excluding carboxylic acids is 1. The van der Waals surface area contributed by atoms with Gasteiger partial charge in [0.05, 0.1) is 5.69 Å². The van der Waals surface area contributed by atoms with Crippen LogP contribution in [0, 0.1) is 5.92 Å². The Balaban J connectivity index is 1.82. The Morgan fingerprint density at radius 1 is 1.42 bits per heavy atom. The molecule has 0 aromatic heterocycles. The highest BCUT2D eigenvalue weighted by atomic mass is 16.3. The molecule has 0 fully saturated rings. The molecule has 1 aromatic rings. The van der Waals surface area contributed by atoms with E-state index >= 15 is 0 Å². The second-order valence-electron chi connectivity index (χ2n) is 5.40. The van der Waals surface area contributed by atoms with Crippen LogP contribution >= 0.6 is 0 Å². The predicted octanol–water partition coefficient (Wildman–Crippen LogP) is 3.03. The van der Waals surface area contributed by atoms with E-state index in [0.29, 0.717) is 12.3 Å². The molecule has 0 bridgehead atoms. The van der Waals surface area contributed by atoms with Crippen LogP contribution in [0.5, 0.6) is 5.75 Å². The fourth-order valence-electron chi connectivity index (χ4n) is 3.08. The zero-order chi connectivity index (χ0) is 13.2. The normalized spacial score (nSPS) is 21.5. The minimum atomic E-state index is 0.138. The molecule has 1 aliphatic carbocycles. The molecule has 19 heavy (non-hydrogen) atoms. The van der Waals surface area contributed by atoms with Gasteiger partial charge in [-0.2, -0.15) is 0 Å². The number of carbonyl (C=O) groups is 1. The molecule has 1 amide bonds. The Morgan fingerprint density at radius 2 is 2.32 bits per heavy atom. The van der Waals surface area contributed by atoms with Gasteiger partial charge in [0, 0.05) is 13.0 Å². The summed E-state index contributed by atoms with van der Waals surface area (Å²) in [5, 5.41) is 10.0. The lowest BCUT2D eigenvalue weighted by Crippen LogP contribution is -2.36. The fraction of sp³-hybridized carbons (Fsp3) is 0.438. The van der Waals surface area contributed by atoms with Gasteiger partial charge in [0.1, 0.15) is 5.75 Å². The third-order valence-corrected chi connectivity index (χ3v) is 4.05. The maximum atomic E-state index is 12.4. The zero-order valence-corrected chi connectivity index (χ0v) is 11.0. The van der Waals surface area contributed by atoms with Crippen LogP contribution in [0.25, 0.3) is 0 Å². The summed E-state index contributed by atoms with van der Waals surface area (Å²) in [5.74, 6) is 0.746. The van der Waals surface area contributed by atoms with E-state index in [0.717, 1.165) is 43.5 Å². The third-order valence-electron chi connectivity index (χ3n) is 4.05. The lowest BCUT2D eigenvalue weighted by molar-refractivity contribution is -0.119. The van der Waals surface area contributed by atoms with Crippen LogP contribution in [0.15, 0.2) is 30.4 Å². The number of anilines is 1. The number of phenols is 1. The van der Waals surface area contributed by atoms with E-state index in [2.05, 4.69) is 12.2 Å². The van der Waals surface area contributed by atoms with Gasteiger partial charge in [-0.05, 0) is 43.2 Å². The monoisotopic (exact) mass is 257 g/mol. The van der Waals surface area contributed by atoms with Crippen molar-refractivity contribution in [1.29, 1.82) is 0 Å². The van der Waals surface area contributed by atoms with Gasteiger partial charge in [-0.15, -0.1) is 0 Å². The molecule has 100 valence electrons. The van der Waals surface area contributed by atoms with Crippen LogP contribution < -0.4 is 4.90 Å². The van der Waals surface area contributed by atoms with Gasteiger partial charge in [0.2, 0.25) is 5.91 Å². The molecular weight excluding hydrogens is 238 g/mol. The molecular formula is C16H19NO2. The molecule has 1 unspecified atom stereocenters. The maximum absolute atomic E-state index is 12.4. The van der Waals surface area contributed by atoms with Crippen molar-refractivity contribution in [3.63, 3.8) is 0 Å². The van der Waals surface area contributed by atoms with Gasteiger partial charge in [-0.25, -0.2) is 0 Å². The van der Waals surface area contributed by atoms with E-state index in [1.165, 1.54) is 0 Å². The standard InChI is InChI=1S/C16H19NO2/c18-14-9-3-7-13-8-4-10-17(16(13)14)15(19)11-12-5-1-2-6-12/h1,3,5,7,9,12,18H,2,4,6,8,10-11H2. The summed E-state index contributed by atoms with van der Waals surface area (Å²) in [6.07, 6.45) is 8.93. The summed E-state index contributed by atoms with van der Waals surface area (Å²) < 4.78 is 0. The van der Waals surface area contributed by atoms with Gasteiger partial charge < -0.3 is 10.0 Å². The van der Waals surface area contributed by atoms with Crippen LogP contribution in [0.2, 0.25) is 0 Å². The first-order valence-corrected chi connectivity index (χ1v) is 7.03. The van der Waals surface area contributed by atoms with Crippen LogP contribution in [0.4, 0.5) is 5.69 Å². The van der Waals surface area contributed by atoms with Crippen molar-refractivity contribution in [2.24, 2.45) is 5.92 Å². The topological polar surface area (TPSA) is 40.5 Å². The Kier molecular flexibility index (Phi) is 3.28. The van der Waals surface area contributed by atoms with E-state index in [9.17, 15) is 9.90 Å². The molecule has 2 aliphatic rings. The van der Waals surface area contributed by atoms with E-state index in [-0.39, 0.29) is 11.7 Å². The van der Waals surface area contributed by atoms with E-state index in [4.69, 9.17) is 0 Å². The third kappa shape index (κ3) is 2.37. The highest BCUT2D eigenvalue weighted by Crippen LogP contribution is 2.36. The van der Waals surface area contributed by atoms with Crippen LogP contribution in [0.1, 0.15) is 31.2 Å². The molecule has 1 aromatic carbocycles. The Hall–Kier alpha value is -1.77. The largest absolute Gasteiger partial charge is 0.506 e. The number of hydrogen-bond acceptors (Lipinski definition) is 2. The van der Waals surface area contributed by atoms with Crippen LogP contribution in [-0.2, 0) is 11.2 Å². The number of fused-ring (bicyclic) bond motifs is 1. The lowest BCUT2D eigenvalue weighted by Gasteiger charge is -2.30. The Labute approximate surface area is 113 Å². The summed E-state index contributed by atoms with van der Waals surface area (Å²) in [4.78, 5) is 14.2. The summed E-state index contributed by atoms with van der Waals surface area (Å²) in [6, 6.07) is 5.52. The molecule has 1 heterocycles. The average molecular weight is 257 g/mol. The summed E-state index contributed by atoms with van der Waals surface area (Å²) in [5.41, 5.74) is 1.82. The number of benzene rings is 1. The number of amides is 1. The smallest absolute Gasteiger partial charge is 0.227 e. The minimum absolute atomic E-state index is 0.138. The van der Waals surface area contributed by atoms with Crippen molar-refractivity contribution in [2.45, 2.75) is 32.1 Å². The molecule has 3 rings (SSSR count). The molecule has 1 aliphatic heterocycles. The molecule has 3 heteroatoms. The van der Waals surface area contributed by atoms with Gasteiger partial charge in [0.15, 0.2) is 0 Å². The van der Waals surface area contributed by atoms with Gasteiger partial charge in [-0.1, -0.05) is 24.3 Å². The number of hydrogen-bond donors (Lipinski definition) is 1. The molecule has 1 N–H and O–H groups in total. The lowest BCUT2D eigenvalue weighted by atomic mass is 9.98. The first-order valence-electron chi connectivity index (χ1n) is 7.03. The van der Waals surface area contributed by atoms with Gasteiger partial charge in [-0.3, -0.25) is 4.79 Å². The van der Waals surface area contributed by atoms with Crippen LogP contribution in [0.3, 0.4) is 0 Å². The van der Waals surface area contributed by atoms with Gasteiger partial charge >= 0.3 is 0 Å². The first-order chi connectivity index (χ1) is 9.25. The summed E-state index contributed by atoms with van der Waals surface area (Å²) >= 11 is 0. The average Bonchev–Trinajstić information content (AvgIpc) is 2.91. The van der Waals surface area contributed by atoms with Crippen molar-refractivity contribution < 1.29 is 9.90 Å². The second-order valence-corrected chi connectivity index (χ2v) is 5.40. The summed E-state index contributed by atoms with van der Waals surface area (Å²) in [7, 11) is 0. The van der Waals surface area contributed by atoms with E-state index < -0.39 is 0 Å². The number of aryl methyl sites for hydroxylation is 1. The Bertz CT molecular complexity index is 521. The summed E-state index contributed by atoms with van der Waals surface area (Å²) in [6.45, 7) is 0.722. The van der Waals surface area contributed by atoms with Crippen molar-refractivity contribution in [3.05, 3.63) is 35.9 Å². The second kappa shape index (κ2) is 5.08. The highest BCUT2D eigenvalue weighted by molar-refractivity contribution is 5.96. The fourth-order valence-corrected chi connectivity index (χ4v) is 3.08. The molecule has 0 spiro atoms. The van der Waals surface area contributed by atoms with Crippen LogP contribution in [-0.4, -0.2) is 17.6 Å². The number of nitrogens with zero attached hydrogens (tertiary/aromatic N) is 1. The molecule has 0 radical (unpaired) electrons. The van der Waals surface area contributed by atoms with Crippen molar-refractivity contribution in [2.75, 3.05) is 11.4 Å². The molecule has 1 atom stereocenters. The molecule has 0 saturated carbocycles. The molecule has 0 saturated heterocycles. The van der Waals surface area contributed by atoms with Crippen molar-refractivity contribution in [3.8, 4) is 5.75 Å². The quantitative estimate of drug-likeness (QED) is 0.827. The minimum Gasteiger partial charge on any atom is -0.506 e.